The molecule has 188 valence electrons. The Morgan fingerprint density at radius 1 is 0.972 bits per heavy atom. The Hall–Kier alpha value is -4.05. The van der Waals surface area contributed by atoms with Gasteiger partial charge in [-0.2, -0.15) is 12.6 Å². The zero-order chi connectivity index (χ0) is 25.9. The molecule has 0 spiro atoms. The van der Waals surface area contributed by atoms with Crippen LogP contribution in [0.25, 0.3) is 0 Å². The SMILES string of the molecule is O=C(CS)OCC[C@@H](Oc1ccccc1)[C@H](OC(=O)NC(=O)c1ccccc1)c1ccc(O)c(F)c1. The summed E-state index contributed by atoms with van der Waals surface area (Å²) in [4.78, 5) is 36.7. The first-order chi connectivity index (χ1) is 17.4. The summed E-state index contributed by atoms with van der Waals surface area (Å²) < 4.78 is 30.9. The molecule has 2 amide bonds. The van der Waals surface area contributed by atoms with E-state index in [0.717, 1.165) is 12.1 Å². The minimum atomic E-state index is -1.25. The second-order valence-corrected chi connectivity index (χ2v) is 7.81. The van der Waals surface area contributed by atoms with E-state index in [1.54, 1.807) is 48.5 Å². The first-order valence-corrected chi connectivity index (χ1v) is 11.5. The Labute approximate surface area is 212 Å². The van der Waals surface area contributed by atoms with Crippen molar-refractivity contribution in [2.45, 2.75) is 18.6 Å². The van der Waals surface area contributed by atoms with E-state index in [9.17, 15) is 23.9 Å². The number of hydrogen-bond acceptors (Lipinski definition) is 8. The molecule has 36 heavy (non-hydrogen) atoms. The third-order valence-corrected chi connectivity index (χ3v) is 5.21. The molecule has 0 heterocycles. The molecular formula is C26H24FNO7S. The van der Waals surface area contributed by atoms with Gasteiger partial charge in [-0.25, -0.2) is 9.18 Å². The summed E-state index contributed by atoms with van der Waals surface area (Å²) in [6.07, 6.45) is -3.28. The fourth-order valence-electron chi connectivity index (χ4n) is 3.24. The Morgan fingerprint density at radius 2 is 1.64 bits per heavy atom. The molecule has 0 unspecified atom stereocenters. The first kappa shape index (κ1) is 26.6. The van der Waals surface area contributed by atoms with Crippen LogP contribution in [0.1, 0.15) is 28.4 Å². The van der Waals surface area contributed by atoms with E-state index in [0.29, 0.717) is 5.75 Å². The Balaban J connectivity index is 1.88. The van der Waals surface area contributed by atoms with Gasteiger partial charge < -0.3 is 19.3 Å². The molecule has 3 aromatic carbocycles. The lowest BCUT2D eigenvalue weighted by molar-refractivity contribution is -0.141. The summed E-state index contributed by atoms with van der Waals surface area (Å²) in [5.74, 6) is -2.50. The predicted octanol–water partition coefficient (Wildman–Crippen LogP) is 4.45. The van der Waals surface area contributed by atoms with Gasteiger partial charge in [0.2, 0.25) is 0 Å². The smallest absolute Gasteiger partial charge is 0.414 e. The molecule has 0 saturated carbocycles. The summed E-state index contributed by atoms with van der Waals surface area (Å²) in [5, 5.41) is 11.8. The topological polar surface area (TPSA) is 111 Å². The summed E-state index contributed by atoms with van der Waals surface area (Å²) in [5.41, 5.74) is 0.381. The number of carbonyl (C=O) groups excluding carboxylic acids is 3. The number of imide groups is 1. The van der Waals surface area contributed by atoms with Gasteiger partial charge in [-0.05, 0) is 42.0 Å². The second-order valence-electron chi connectivity index (χ2n) is 7.49. The van der Waals surface area contributed by atoms with Gasteiger partial charge in [0.1, 0.15) is 11.9 Å². The van der Waals surface area contributed by atoms with Gasteiger partial charge in [-0.3, -0.25) is 14.9 Å². The minimum absolute atomic E-state index is 0.0431. The number of halogens is 1. The third-order valence-electron chi connectivity index (χ3n) is 4.95. The summed E-state index contributed by atoms with van der Waals surface area (Å²) in [6, 6.07) is 20.1. The average molecular weight is 514 g/mol. The molecule has 0 aliphatic carbocycles. The van der Waals surface area contributed by atoms with Gasteiger partial charge >= 0.3 is 12.1 Å². The molecule has 10 heteroatoms. The van der Waals surface area contributed by atoms with Gasteiger partial charge in [-0.15, -0.1) is 0 Å². The monoisotopic (exact) mass is 513 g/mol. The highest BCUT2D eigenvalue weighted by Gasteiger charge is 2.31. The number of aromatic hydroxyl groups is 1. The number of nitrogens with one attached hydrogen (secondary N) is 1. The first-order valence-electron chi connectivity index (χ1n) is 10.9. The van der Waals surface area contributed by atoms with Gasteiger partial charge in [-0.1, -0.05) is 42.5 Å². The molecule has 0 radical (unpaired) electrons. The molecule has 8 nitrogen and oxygen atoms in total. The molecule has 3 aromatic rings. The van der Waals surface area contributed by atoms with Crippen molar-refractivity contribution in [1.29, 1.82) is 0 Å². The molecule has 0 saturated heterocycles. The van der Waals surface area contributed by atoms with E-state index < -0.39 is 41.7 Å². The summed E-state index contributed by atoms with van der Waals surface area (Å²) in [6.45, 7) is -0.109. The highest BCUT2D eigenvalue weighted by molar-refractivity contribution is 7.81. The van der Waals surface area contributed by atoms with E-state index in [1.165, 1.54) is 18.2 Å². The van der Waals surface area contributed by atoms with Crippen LogP contribution >= 0.6 is 12.6 Å². The van der Waals surface area contributed by atoms with Crippen molar-refractivity contribution in [2.24, 2.45) is 0 Å². The van der Waals surface area contributed by atoms with Crippen LogP contribution in [-0.2, 0) is 14.3 Å². The van der Waals surface area contributed by atoms with Crippen LogP contribution < -0.4 is 10.1 Å². The molecule has 3 rings (SSSR count). The maximum Gasteiger partial charge on any atom is 0.414 e. The van der Waals surface area contributed by atoms with E-state index in [2.05, 4.69) is 17.9 Å². The molecule has 0 bridgehead atoms. The van der Waals surface area contributed by atoms with Crippen molar-refractivity contribution in [3.05, 3.63) is 95.8 Å². The number of para-hydroxylation sites is 1. The van der Waals surface area contributed by atoms with Crippen LogP contribution in [0.15, 0.2) is 78.9 Å². The summed E-state index contributed by atoms with van der Waals surface area (Å²) >= 11 is 3.87. The van der Waals surface area contributed by atoms with Crippen LogP contribution in [0.4, 0.5) is 9.18 Å². The van der Waals surface area contributed by atoms with Crippen LogP contribution in [-0.4, -0.2) is 41.5 Å². The van der Waals surface area contributed by atoms with E-state index in [4.69, 9.17) is 14.2 Å². The number of rotatable bonds is 10. The Morgan fingerprint density at radius 3 is 2.28 bits per heavy atom. The standard InChI is InChI=1S/C26H24FNO7S/c27-20-15-18(11-12-21(20)29)24(35-26(32)28-25(31)17-7-3-1-4-8-17)22(13-14-33-23(30)16-36)34-19-9-5-2-6-10-19/h1-12,15,22,24,29,36H,13-14,16H2,(H,28,31,32)/t22-,24-/m1/s1. The lowest BCUT2D eigenvalue weighted by Crippen LogP contribution is -2.37. The van der Waals surface area contributed by atoms with Crippen molar-refractivity contribution in [3.8, 4) is 11.5 Å². The Kier molecular flexibility index (Phi) is 9.70. The predicted molar refractivity (Wildman–Crippen MR) is 131 cm³/mol. The van der Waals surface area contributed by atoms with Crippen molar-refractivity contribution in [1.82, 2.24) is 5.32 Å². The lowest BCUT2D eigenvalue weighted by atomic mass is 10.0. The fraction of sp³-hybridized carbons (Fsp3) is 0.192. The second kappa shape index (κ2) is 13.1. The number of phenols is 1. The molecule has 0 aliphatic heterocycles. The summed E-state index contributed by atoms with van der Waals surface area (Å²) in [7, 11) is 0. The number of thiol groups is 1. The number of phenolic OH excluding ortho intramolecular Hbond substituents is 1. The van der Waals surface area contributed by atoms with Crippen LogP contribution in [0.2, 0.25) is 0 Å². The zero-order valence-corrected chi connectivity index (χ0v) is 19.9. The van der Waals surface area contributed by atoms with Crippen molar-refractivity contribution in [2.75, 3.05) is 12.4 Å². The van der Waals surface area contributed by atoms with Crippen LogP contribution in [0.3, 0.4) is 0 Å². The minimum Gasteiger partial charge on any atom is -0.505 e. The number of carbonyl (C=O) groups is 3. The zero-order valence-electron chi connectivity index (χ0n) is 19.0. The molecular weight excluding hydrogens is 489 g/mol. The number of benzene rings is 3. The van der Waals surface area contributed by atoms with Crippen LogP contribution in [0.5, 0.6) is 11.5 Å². The molecule has 2 atom stereocenters. The number of hydrogen-bond donors (Lipinski definition) is 3. The third kappa shape index (κ3) is 7.74. The molecule has 0 fully saturated rings. The van der Waals surface area contributed by atoms with Crippen LogP contribution in [0, 0.1) is 5.82 Å². The number of ether oxygens (including phenoxy) is 3. The highest BCUT2D eigenvalue weighted by atomic mass is 32.1. The van der Waals surface area contributed by atoms with E-state index in [1.807, 2.05) is 0 Å². The van der Waals surface area contributed by atoms with Gasteiger partial charge in [0.25, 0.3) is 5.91 Å². The van der Waals surface area contributed by atoms with Crippen molar-refractivity contribution < 1.29 is 38.1 Å². The van der Waals surface area contributed by atoms with Crippen molar-refractivity contribution in [3.63, 3.8) is 0 Å². The van der Waals surface area contributed by atoms with Gasteiger partial charge in [0.05, 0.1) is 12.4 Å². The lowest BCUT2D eigenvalue weighted by Gasteiger charge is -2.28. The molecule has 0 aromatic heterocycles. The van der Waals surface area contributed by atoms with Gasteiger partial charge in [0.15, 0.2) is 17.7 Å². The quantitative estimate of drug-likeness (QED) is 0.271. The largest absolute Gasteiger partial charge is 0.505 e. The number of amides is 2. The number of alkyl carbamates (subject to hydrolysis) is 1. The normalized spacial score (nSPS) is 12.2. The maximum atomic E-state index is 14.2. The fourth-order valence-corrected chi connectivity index (χ4v) is 3.33. The van der Waals surface area contributed by atoms with Crippen molar-refractivity contribution >= 4 is 30.6 Å². The Bertz CT molecular complexity index is 1180. The highest BCUT2D eigenvalue weighted by Crippen LogP contribution is 2.30. The van der Waals surface area contributed by atoms with E-state index >= 15 is 0 Å². The average Bonchev–Trinajstić information content (AvgIpc) is 2.89. The van der Waals surface area contributed by atoms with E-state index in [-0.39, 0.29) is 29.9 Å². The van der Waals surface area contributed by atoms with Gasteiger partial charge in [0, 0.05) is 12.0 Å². The maximum absolute atomic E-state index is 14.2. The number of esters is 1. The molecule has 2 N–H and O–H groups in total. The molecule has 0 aliphatic rings.